The van der Waals surface area contributed by atoms with E-state index in [4.69, 9.17) is 4.74 Å². The molecule has 2 rings (SSSR count). The number of halogens is 3. The third kappa shape index (κ3) is 4.49. The lowest BCUT2D eigenvalue weighted by molar-refractivity contribution is -0.139. The Morgan fingerprint density at radius 3 is 2.76 bits per heavy atom. The zero-order chi connectivity index (χ0) is 15.3. The second-order valence-corrected chi connectivity index (χ2v) is 5.12. The van der Waals surface area contributed by atoms with Gasteiger partial charge in [-0.25, -0.2) is 0 Å². The lowest BCUT2D eigenvalue weighted by Crippen LogP contribution is -2.19. The predicted octanol–water partition coefficient (Wildman–Crippen LogP) is 4.30. The van der Waals surface area contributed by atoms with E-state index in [2.05, 4.69) is 5.32 Å². The molecule has 1 atom stereocenters. The summed E-state index contributed by atoms with van der Waals surface area (Å²) in [6.07, 6.45) is 1.80. The average Bonchev–Trinajstić information content (AvgIpc) is 2.46. The van der Waals surface area contributed by atoms with Crippen molar-refractivity contribution in [1.29, 1.82) is 0 Å². The zero-order valence-electron chi connectivity index (χ0n) is 12.0. The monoisotopic (exact) mass is 299 g/mol. The number of allylic oxidation sites excluding steroid dienone is 1. The van der Waals surface area contributed by atoms with Crippen LogP contribution in [-0.4, -0.2) is 12.6 Å². The van der Waals surface area contributed by atoms with Crippen LogP contribution in [0.4, 0.5) is 13.2 Å². The van der Waals surface area contributed by atoms with Gasteiger partial charge in [0.05, 0.1) is 5.56 Å². The van der Waals surface area contributed by atoms with Gasteiger partial charge >= 0.3 is 6.18 Å². The number of nitrogens with one attached hydrogen (secondary N) is 1. The first-order chi connectivity index (χ1) is 10.0. The fourth-order valence-electron chi connectivity index (χ4n) is 2.32. The summed E-state index contributed by atoms with van der Waals surface area (Å²) in [5.74, 6) is -0.0840. The highest BCUT2D eigenvalue weighted by Gasteiger charge is 2.35. The number of benzene rings is 1. The molecule has 2 nitrogen and oxygen atoms in total. The molecule has 116 valence electrons. The predicted molar refractivity (Wildman–Crippen MR) is 76.2 cm³/mol. The first-order valence-corrected chi connectivity index (χ1v) is 7.25. The van der Waals surface area contributed by atoms with Crippen LogP contribution in [0.2, 0.25) is 0 Å². The Kier molecular flexibility index (Phi) is 5.28. The summed E-state index contributed by atoms with van der Waals surface area (Å²) in [6, 6.07) is 4.28. The van der Waals surface area contributed by atoms with E-state index in [-0.39, 0.29) is 11.9 Å². The van der Waals surface area contributed by atoms with Crippen molar-refractivity contribution < 1.29 is 17.9 Å². The molecule has 0 saturated carbocycles. The van der Waals surface area contributed by atoms with E-state index >= 15 is 0 Å². The highest BCUT2D eigenvalue weighted by molar-refractivity contribution is 5.39. The molecule has 0 fully saturated rings. The molecule has 21 heavy (non-hydrogen) atoms. The number of hydrogen-bond acceptors (Lipinski definition) is 2. The molecule has 0 bridgehead atoms. The van der Waals surface area contributed by atoms with Crippen LogP contribution < -0.4 is 10.1 Å². The summed E-state index contributed by atoms with van der Waals surface area (Å²) >= 11 is 0. The topological polar surface area (TPSA) is 21.3 Å². The Balaban J connectivity index is 2.22. The molecule has 1 aromatic carbocycles. The van der Waals surface area contributed by atoms with E-state index in [9.17, 15) is 13.2 Å². The molecule has 0 aromatic heterocycles. The molecule has 1 aliphatic carbocycles. The van der Waals surface area contributed by atoms with Crippen molar-refractivity contribution in [3.05, 3.63) is 41.5 Å². The lowest BCUT2D eigenvalue weighted by atomic mass is 10.0. The number of rotatable bonds is 5. The van der Waals surface area contributed by atoms with Crippen molar-refractivity contribution >= 4 is 0 Å². The Labute approximate surface area is 123 Å². The van der Waals surface area contributed by atoms with Crippen molar-refractivity contribution in [3.8, 4) is 5.75 Å². The summed E-state index contributed by atoms with van der Waals surface area (Å²) < 4.78 is 45.1. The van der Waals surface area contributed by atoms with E-state index in [0.29, 0.717) is 18.7 Å². The van der Waals surface area contributed by atoms with Crippen molar-refractivity contribution in [2.24, 2.45) is 0 Å². The molecule has 0 heterocycles. The maximum atomic E-state index is 13.2. The van der Waals surface area contributed by atoms with Gasteiger partial charge in [0.25, 0.3) is 0 Å². The summed E-state index contributed by atoms with van der Waals surface area (Å²) in [6.45, 7) is 3.05. The van der Waals surface area contributed by atoms with Gasteiger partial charge in [-0.15, -0.1) is 0 Å². The first kappa shape index (κ1) is 15.9. The van der Waals surface area contributed by atoms with E-state index in [0.717, 1.165) is 19.3 Å². The minimum atomic E-state index is -4.41. The van der Waals surface area contributed by atoms with Crippen molar-refractivity contribution in [3.63, 3.8) is 0 Å². The van der Waals surface area contributed by atoms with Gasteiger partial charge in [-0.2, -0.15) is 13.2 Å². The molecule has 0 spiro atoms. The van der Waals surface area contributed by atoms with Gasteiger partial charge in [0, 0.05) is 6.54 Å². The summed E-state index contributed by atoms with van der Waals surface area (Å²) in [5.41, 5.74) is -0.0902. The molecular formula is C16H20F3NO. The quantitative estimate of drug-likeness (QED) is 0.818. The molecule has 1 unspecified atom stereocenters. The van der Waals surface area contributed by atoms with Gasteiger partial charge < -0.3 is 10.1 Å². The van der Waals surface area contributed by atoms with Gasteiger partial charge in [0.2, 0.25) is 0 Å². The molecular weight excluding hydrogens is 279 g/mol. The van der Waals surface area contributed by atoms with Crippen LogP contribution in [-0.2, 0) is 12.7 Å². The fourth-order valence-corrected chi connectivity index (χ4v) is 2.32. The van der Waals surface area contributed by atoms with Crippen molar-refractivity contribution in [1.82, 2.24) is 5.32 Å². The Morgan fingerprint density at radius 2 is 2.14 bits per heavy atom. The Morgan fingerprint density at radius 1 is 1.33 bits per heavy atom. The van der Waals surface area contributed by atoms with Gasteiger partial charge in [0.1, 0.15) is 11.9 Å². The summed E-state index contributed by atoms with van der Waals surface area (Å²) in [4.78, 5) is 0. The number of ether oxygens (including phenoxy) is 1. The maximum Gasteiger partial charge on any atom is 0.419 e. The van der Waals surface area contributed by atoms with Gasteiger partial charge in [-0.3, -0.25) is 0 Å². The molecule has 5 heteroatoms. The SMILES string of the molecule is CCNCc1ccc(OC2C=CCCC2)c(C(F)(F)F)c1. The highest BCUT2D eigenvalue weighted by Crippen LogP contribution is 2.37. The largest absolute Gasteiger partial charge is 0.486 e. The molecule has 1 aromatic rings. The third-order valence-corrected chi connectivity index (χ3v) is 3.42. The van der Waals surface area contributed by atoms with Crippen LogP contribution in [0.25, 0.3) is 0 Å². The molecule has 1 N–H and O–H groups in total. The second kappa shape index (κ2) is 6.98. The van der Waals surface area contributed by atoms with E-state index in [1.54, 1.807) is 6.07 Å². The molecule has 0 amide bonds. The van der Waals surface area contributed by atoms with Crippen LogP contribution >= 0.6 is 0 Å². The fraction of sp³-hybridized carbons (Fsp3) is 0.500. The van der Waals surface area contributed by atoms with Crippen LogP contribution in [0, 0.1) is 0 Å². The van der Waals surface area contributed by atoms with Crippen molar-refractivity contribution in [2.45, 2.75) is 45.0 Å². The molecule has 0 aliphatic heterocycles. The van der Waals surface area contributed by atoms with Gasteiger partial charge in [-0.05, 0) is 49.6 Å². The maximum absolute atomic E-state index is 13.2. The van der Waals surface area contributed by atoms with Crippen LogP contribution in [0.5, 0.6) is 5.75 Å². The zero-order valence-corrected chi connectivity index (χ0v) is 12.0. The van der Waals surface area contributed by atoms with Gasteiger partial charge in [-0.1, -0.05) is 19.1 Å². The van der Waals surface area contributed by atoms with Crippen molar-refractivity contribution in [2.75, 3.05) is 6.54 Å². The number of hydrogen-bond donors (Lipinski definition) is 1. The Hall–Kier alpha value is -1.49. The third-order valence-electron chi connectivity index (χ3n) is 3.42. The smallest absolute Gasteiger partial charge is 0.419 e. The second-order valence-electron chi connectivity index (χ2n) is 5.12. The first-order valence-electron chi connectivity index (χ1n) is 7.25. The minimum Gasteiger partial charge on any atom is -0.486 e. The van der Waals surface area contributed by atoms with Gasteiger partial charge in [0.15, 0.2) is 0 Å². The summed E-state index contributed by atoms with van der Waals surface area (Å²) in [7, 11) is 0. The highest BCUT2D eigenvalue weighted by atomic mass is 19.4. The number of alkyl halides is 3. The van der Waals surface area contributed by atoms with Crippen LogP contribution in [0.3, 0.4) is 0 Å². The van der Waals surface area contributed by atoms with Crippen LogP contribution in [0.1, 0.15) is 37.3 Å². The van der Waals surface area contributed by atoms with E-state index in [1.165, 1.54) is 12.1 Å². The molecule has 0 saturated heterocycles. The van der Waals surface area contributed by atoms with E-state index < -0.39 is 11.7 Å². The van der Waals surface area contributed by atoms with E-state index in [1.807, 2.05) is 19.1 Å². The minimum absolute atomic E-state index is 0.0840. The van der Waals surface area contributed by atoms with Crippen LogP contribution in [0.15, 0.2) is 30.4 Å². The normalized spacial score (nSPS) is 18.8. The molecule has 0 radical (unpaired) electrons. The average molecular weight is 299 g/mol. The summed E-state index contributed by atoms with van der Waals surface area (Å²) in [5, 5.41) is 3.02. The standard InChI is InChI=1S/C16H20F3NO/c1-2-20-11-12-8-9-15(14(10-12)16(17,18)19)21-13-6-4-3-5-7-13/h4,6,8-10,13,20H,2-3,5,7,11H2,1H3. The lowest BCUT2D eigenvalue weighted by Gasteiger charge is -2.22. The Bertz CT molecular complexity index is 497. The molecule has 1 aliphatic rings.